The van der Waals surface area contributed by atoms with Crippen LogP contribution in [0.4, 0.5) is 0 Å². The number of ether oxygens (including phenoxy) is 2. The maximum Gasteiger partial charge on any atom is 0.305 e. The predicted octanol–water partition coefficient (Wildman–Crippen LogP) is 2.44. The van der Waals surface area contributed by atoms with Crippen molar-refractivity contribution < 1.29 is 23.9 Å². The average Bonchev–Trinajstić information content (AvgIpc) is 2.66. The monoisotopic (exact) mass is 378 g/mol. The Morgan fingerprint density at radius 1 is 0.926 bits per heavy atom. The van der Waals surface area contributed by atoms with Crippen LogP contribution < -0.4 is 15.4 Å². The third-order valence-corrected chi connectivity index (χ3v) is 3.71. The molecule has 0 spiro atoms. The van der Waals surface area contributed by atoms with Gasteiger partial charge in [0.1, 0.15) is 5.75 Å². The van der Waals surface area contributed by atoms with E-state index in [9.17, 15) is 14.4 Å². The zero-order chi connectivity index (χ0) is 19.9. The van der Waals surface area contributed by atoms with Gasteiger partial charge in [0.15, 0.2) is 0 Å². The van der Waals surface area contributed by atoms with E-state index in [1.54, 1.807) is 31.2 Å². The number of hydrogen-bond acceptors (Lipinski definition) is 5. The maximum absolute atomic E-state index is 12.1. The topological polar surface area (TPSA) is 93.7 Å². The van der Waals surface area contributed by atoms with E-state index in [4.69, 9.17) is 9.47 Å². The summed E-state index contributed by atoms with van der Waals surface area (Å²) in [5, 5.41) is 5.42. The molecule has 0 heterocycles. The molecule has 2 N–H and O–H groups in total. The molecule has 1 aromatic carbocycles. The van der Waals surface area contributed by atoms with Gasteiger partial charge in [-0.1, -0.05) is 13.3 Å². The molecule has 1 aromatic rings. The lowest BCUT2D eigenvalue weighted by molar-refractivity contribution is -0.143. The number of nitrogens with one attached hydrogen (secondary N) is 2. The van der Waals surface area contributed by atoms with Crippen molar-refractivity contribution in [1.82, 2.24) is 10.6 Å². The van der Waals surface area contributed by atoms with Crippen LogP contribution in [0, 0.1) is 0 Å². The van der Waals surface area contributed by atoms with Gasteiger partial charge in [-0.05, 0) is 44.0 Å². The highest BCUT2D eigenvalue weighted by molar-refractivity contribution is 5.94. The highest BCUT2D eigenvalue weighted by Gasteiger charge is 2.07. The van der Waals surface area contributed by atoms with Gasteiger partial charge in [-0.15, -0.1) is 0 Å². The summed E-state index contributed by atoms with van der Waals surface area (Å²) in [7, 11) is 0. The number of carbonyl (C=O) groups excluding carboxylic acids is 3. The van der Waals surface area contributed by atoms with E-state index >= 15 is 0 Å². The molecular formula is C20H30N2O5. The first-order chi connectivity index (χ1) is 13.1. The van der Waals surface area contributed by atoms with Crippen molar-refractivity contribution >= 4 is 17.8 Å². The molecule has 0 atom stereocenters. The first-order valence-electron chi connectivity index (χ1n) is 9.50. The van der Waals surface area contributed by atoms with Gasteiger partial charge in [-0.3, -0.25) is 14.4 Å². The molecular weight excluding hydrogens is 348 g/mol. The molecule has 0 saturated carbocycles. The van der Waals surface area contributed by atoms with Crippen LogP contribution in [-0.2, 0) is 14.3 Å². The lowest BCUT2D eigenvalue weighted by Crippen LogP contribution is -2.31. The maximum atomic E-state index is 12.1. The molecule has 1 rings (SSSR count). The lowest BCUT2D eigenvalue weighted by atomic mass is 10.2. The summed E-state index contributed by atoms with van der Waals surface area (Å²) < 4.78 is 10.4. The van der Waals surface area contributed by atoms with Gasteiger partial charge >= 0.3 is 5.97 Å². The van der Waals surface area contributed by atoms with Crippen LogP contribution in [0.1, 0.15) is 56.3 Å². The summed E-state index contributed by atoms with van der Waals surface area (Å²) in [5.74, 6) is 0.0760. The molecule has 0 aliphatic heterocycles. The molecule has 27 heavy (non-hydrogen) atoms. The van der Waals surface area contributed by atoms with E-state index in [1.807, 2.05) is 0 Å². The lowest BCUT2D eigenvalue weighted by Gasteiger charge is -2.08. The van der Waals surface area contributed by atoms with E-state index in [-0.39, 0.29) is 37.2 Å². The zero-order valence-electron chi connectivity index (χ0n) is 16.2. The fourth-order valence-corrected chi connectivity index (χ4v) is 2.21. The Morgan fingerprint density at radius 2 is 1.67 bits per heavy atom. The van der Waals surface area contributed by atoms with E-state index in [1.165, 1.54) is 0 Å². The minimum atomic E-state index is -0.263. The molecule has 0 aromatic heterocycles. The summed E-state index contributed by atoms with van der Waals surface area (Å²) in [4.78, 5) is 34.9. The third kappa shape index (κ3) is 10.2. The number of benzene rings is 1. The second-order valence-corrected chi connectivity index (χ2v) is 5.99. The van der Waals surface area contributed by atoms with E-state index in [2.05, 4.69) is 17.6 Å². The zero-order valence-corrected chi connectivity index (χ0v) is 16.2. The largest absolute Gasteiger partial charge is 0.494 e. The smallest absolute Gasteiger partial charge is 0.305 e. The van der Waals surface area contributed by atoms with E-state index in [0.717, 1.165) is 18.6 Å². The summed E-state index contributed by atoms with van der Waals surface area (Å²) in [6.07, 6.45) is 3.06. The van der Waals surface area contributed by atoms with Gasteiger partial charge in [0.25, 0.3) is 5.91 Å². The standard InChI is InChI=1S/C20H30N2O5/c1-3-5-15-27-17-10-8-16(9-11-17)20(25)22-14-12-18(23)21-13-6-7-19(24)26-4-2/h8-11H,3-7,12-15H2,1-2H3,(H,21,23)(H,22,25). The summed E-state index contributed by atoms with van der Waals surface area (Å²) >= 11 is 0. The Morgan fingerprint density at radius 3 is 2.33 bits per heavy atom. The predicted molar refractivity (Wildman–Crippen MR) is 103 cm³/mol. The highest BCUT2D eigenvalue weighted by Crippen LogP contribution is 2.12. The summed E-state index contributed by atoms with van der Waals surface area (Å²) in [6, 6.07) is 6.93. The van der Waals surface area contributed by atoms with Crippen LogP contribution in [0.3, 0.4) is 0 Å². The molecule has 0 aliphatic rings. The Balaban J connectivity index is 2.18. The van der Waals surface area contributed by atoms with Crippen LogP contribution in [0.2, 0.25) is 0 Å². The van der Waals surface area contributed by atoms with Crippen molar-refractivity contribution in [3.8, 4) is 5.75 Å². The van der Waals surface area contributed by atoms with Crippen molar-refractivity contribution in [1.29, 1.82) is 0 Å². The fraction of sp³-hybridized carbons (Fsp3) is 0.550. The number of esters is 1. The molecule has 0 aliphatic carbocycles. The Labute approximate surface area is 160 Å². The van der Waals surface area contributed by atoms with Crippen LogP contribution in [0.15, 0.2) is 24.3 Å². The number of hydrogen-bond donors (Lipinski definition) is 2. The Hall–Kier alpha value is -2.57. The molecule has 0 unspecified atom stereocenters. The minimum absolute atomic E-state index is 0.168. The highest BCUT2D eigenvalue weighted by atomic mass is 16.5. The Bertz CT molecular complexity index is 587. The summed E-state index contributed by atoms with van der Waals surface area (Å²) in [5.41, 5.74) is 0.521. The van der Waals surface area contributed by atoms with Crippen LogP contribution >= 0.6 is 0 Å². The molecule has 7 nitrogen and oxygen atoms in total. The van der Waals surface area contributed by atoms with Crippen molar-refractivity contribution in [2.45, 2.75) is 46.0 Å². The van der Waals surface area contributed by atoms with Crippen LogP contribution in [-0.4, -0.2) is 44.1 Å². The molecule has 2 amide bonds. The molecule has 0 radical (unpaired) electrons. The first kappa shape index (κ1) is 22.5. The van der Waals surface area contributed by atoms with Gasteiger partial charge < -0.3 is 20.1 Å². The average molecular weight is 378 g/mol. The van der Waals surface area contributed by atoms with Gasteiger partial charge in [0, 0.05) is 31.5 Å². The van der Waals surface area contributed by atoms with Gasteiger partial charge in [0.2, 0.25) is 5.91 Å². The SMILES string of the molecule is CCCCOc1ccc(C(=O)NCCC(=O)NCCCC(=O)OCC)cc1. The van der Waals surface area contributed by atoms with Gasteiger partial charge in [0.05, 0.1) is 13.2 Å². The Kier molecular flexibility index (Phi) is 11.3. The van der Waals surface area contributed by atoms with Gasteiger partial charge in [-0.2, -0.15) is 0 Å². The van der Waals surface area contributed by atoms with Crippen LogP contribution in [0.25, 0.3) is 0 Å². The van der Waals surface area contributed by atoms with Crippen molar-refractivity contribution in [3.05, 3.63) is 29.8 Å². The second kappa shape index (κ2) is 13.6. The van der Waals surface area contributed by atoms with Crippen molar-refractivity contribution in [3.63, 3.8) is 0 Å². The molecule has 0 saturated heterocycles. The van der Waals surface area contributed by atoms with Crippen molar-refractivity contribution in [2.75, 3.05) is 26.3 Å². The molecule has 7 heteroatoms. The van der Waals surface area contributed by atoms with Gasteiger partial charge in [-0.25, -0.2) is 0 Å². The van der Waals surface area contributed by atoms with E-state index in [0.29, 0.717) is 31.7 Å². The first-order valence-corrected chi connectivity index (χ1v) is 9.50. The number of carbonyl (C=O) groups is 3. The van der Waals surface area contributed by atoms with Crippen molar-refractivity contribution in [2.24, 2.45) is 0 Å². The van der Waals surface area contributed by atoms with E-state index < -0.39 is 0 Å². The normalized spacial score (nSPS) is 10.1. The summed E-state index contributed by atoms with van der Waals surface area (Å²) in [6.45, 7) is 5.53. The minimum Gasteiger partial charge on any atom is -0.494 e. The molecule has 0 fully saturated rings. The fourth-order valence-electron chi connectivity index (χ4n) is 2.21. The molecule has 0 bridgehead atoms. The molecule has 150 valence electrons. The number of amides is 2. The second-order valence-electron chi connectivity index (χ2n) is 5.99. The number of rotatable bonds is 13. The quantitative estimate of drug-likeness (QED) is 0.406. The van der Waals surface area contributed by atoms with Crippen LogP contribution in [0.5, 0.6) is 5.75 Å². The number of unbranched alkanes of at least 4 members (excludes halogenated alkanes) is 1. The third-order valence-electron chi connectivity index (χ3n) is 3.71.